The van der Waals surface area contributed by atoms with Crippen molar-refractivity contribution >= 4 is 27.9 Å². The van der Waals surface area contributed by atoms with E-state index in [9.17, 15) is 0 Å². The number of rotatable bonds is 1. The van der Waals surface area contributed by atoms with Gasteiger partial charge in [-0.3, -0.25) is 0 Å². The van der Waals surface area contributed by atoms with Gasteiger partial charge in [0.2, 0.25) is 0 Å². The largest absolute Gasteiger partial charge is 0.383 e. The number of hydrogen-bond donors (Lipinski definition) is 1. The summed E-state index contributed by atoms with van der Waals surface area (Å²) in [6, 6.07) is 14.7. The minimum Gasteiger partial charge on any atom is -0.383 e. The predicted octanol–water partition coefficient (Wildman–Crippen LogP) is 3.85. The molecule has 1 heterocycles. The molecule has 0 fully saturated rings. The van der Waals surface area contributed by atoms with Gasteiger partial charge in [-0.1, -0.05) is 36.4 Å². The average molecular weight is 240 g/mol. The number of benzene rings is 2. The van der Waals surface area contributed by atoms with Crippen LogP contribution in [-0.2, 0) is 0 Å². The van der Waals surface area contributed by atoms with Gasteiger partial charge in [0.1, 0.15) is 10.8 Å². The third-order valence-electron chi connectivity index (χ3n) is 2.83. The third-order valence-corrected chi connectivity index (χ3v) is 3.86. The molecule has 0 aliphatic rings. The van der Waals surface area contributed by atoms with Crippen LogP contribution in [0.3, 0.4) is 0 Å². The molecular weight excluding hydrogens is 228 g/mol. The molecule has 0 amide bonds. The van der Waals surface area contributed by atoms with Crippen LogP contribution in [0.25, 0.3) is 21.3 Å². The lowest BCUT2D eigenvalue weighted by Gasteiger charge is -2.00. The van der Waals surface area contributed by atoms with Gasteiger partial charge >= 0.3 is 0 Å². The lowest BCUT2D eigenvalue weighted by atomic mass is 10.1. The van der Waals surface area contributed by atoms with Crippen LogP contribution < -0.4 is 5.73 Å². The summed E-state index contributed by atoms with van der Waals surface area (Å²) in [6.45, 7) is 2.00. The van der Waals surface area contributed by atoms with E-state index < -0.39 is 0 Å². The number of thiazole rings is 1. The van der Waals surface area contributed by atoms with Crippen molar-refractivity contribution in [1.82, 2.24) is 4.98 Å². The third kappa shape index (κ3) is 1.78. The van der Waals surface area contributed by atoms with Crippen molar-refractivity contribution < 1.29 is 0 Å². The number of aromatic nitrogens is 1. The summed E-state index contributed by atoms with van der Waals surface area (Å²) < 4.78 is 0. The molecule has 2 N–H and O–H groups in total. The molecule has 1 aromatic heterocycles. The Balaban J connectivity index is 2.17. The fourth-order valence-corrected chi connectivity index (χ4v) is 2.68. The summed E-state index contributed by atoms with van der Waals surface area (Å²) in [5.41, 5.74) is 6.92. The van der Waals surface area contributed by atoms with Crippen molar-refractivity contribution in [2.24, 2.45) is 0 Å². The van der Waals surface area contributed by atoms with Gasteiger partial charge in [-0.25, -0.2) is 4.98 Å². The van der Waals surface area contributed by atoms with Crippen LogP contribution in [-0.4, -0.2) is 4.98 Å². The molecule has 3 heteroatoms. The molecule has 0 aliphatic carbocycles. The second kappa shape index (κ2) is 3.86. The summed E-state index contributed by atoms with van der Waals surface area (Å²) in [7, 11) is 0. The standard InChI is InChI=1S/C14H12N2S/c1-9-13(15)16-14(17-9)12-7-6-10-4-2-3-5-11(10)8-12/h2-8H,15H2,1H3. The zero-order valence-corrected chi connectivity index (χ0v) is 10.3. The Morgan fingerprint density at radius 1 is 1.06 bits per heavy atom. The van der Waals surface area contributed by atoms with Crippen molar-refractivity contribution in [2.75, 3.05) is 5.73 Å². The Bertz CT molecular complexity index is 666. The summed E-state index contributed by atoms with van der Waals surface area (Å²) in [4.78, 5) is 5.46. The van der Waals surface area contributed by atoms with Crippen molar-refractivity contribution in [2.45, 2.75) is 6.92 Å². The molecule has 2 aromatic carbocycles. The molecule has 0 spiro atoms. The lowest BCUT2D eigenvalue weighted by molar-refractivity contribution is 1.39. The molecule has 0 bridgehead atoms. The number of nitrogens with zero attached hydrogens (tertiary/aromatic N) is 1. The van der Waals surface area contributed by atoms with Crippen LogP contribution in [0, 0.1) is 6.92 Å². The number of anilines is 1. The van der Waals surface area contributed by atoms with Crippen molar-refractivity contribution in [1.29, 1.82) is 0 Å². The monoisotopic (exact) mass is 240 g/mol. The van der Waals surface area contributed by atoms with E-state index in [4.69, 9.17) is 5.73 Å². The molecular formula is C14H12N2S. The molecule has 3 aromatic rings. The Hall–Kier alpha value is -1.87. The molecule has 0 unspecified atom stereocenters. The maximum Gasteiger partial charge on any atom is 0.138 e. The van der Waals surface area contributed by atoms with Gasteiger partial charge < -0.3 is 5.73 Å². The summed E-state index contributed by atoms with van der Waals surface area (Å²) in [5.74, 6) is 0.637. The van der Waals surface area contributed by atoms with Gasteiger partial charge in [-0.2, -0.15) is 0 Å². The number of nitrogen functional groups attached to an aromatic ring is 1. The van der Waals surface area contributed by atoms with E-state index in [-0.39, 0.29) is 0 Å². The van der Waals surface area contributed by atoms with Crippen LogP contribution in [0.1, 0.15) is 4.88 Å². The van der Waals surface area contributed by atoms with E-state index in [1.807, 2.05) is 19.1 Å². The van der Waals surface area contributed by atoms with Crippen LogP contribution in [0.15, 0.2) is 42.5 Å². The normalized spacial score (nSPS) is 10.9. The van der Waals surface area contributed by atoms with Crippen LogP contribution >= 0.6 is 11.3 Å². The highest BCUT2D eigenvalue weighted by Gasteiger charge is 2.07. The topological polar surface area (TPSA) is 38.9 Å². The highest BCUT2D eigenvalue weighted by atomic mass is 32.1. The first kappa shape index (κ1) is 10.3. The molecule has 2 nitrogen and oxygen atoms in total. The minimum atomic E-state index is 0.637. The maximum absolute atomic E-state index is 5.79. The molecule has 17 heavy (non-hydrogen) atoms. The van der Waals surface area contributed by atoms with Crippen LogP contribution in [0.5, 0.6) is 0 Å². The quantitative estimate of drug-likeness (QED) is 0.701. The maximum atomic E-state index is 5.79. The summed E-state index contributed by atoms with van der Waals surface area (Å²) in [6.07, 6.45) is 0. The smallest absolute Gasteiger partial charge is 0.138 e. The number of fused-ring (bicyclic) bond motifs is 1. The molecule has 0 radical (unpaired) electrons. The van der Waals surface area contributed by atoms with Gasteiger partial charge in [-0.15, -0.1) is 11.3 Å². The van der Waals surface area contributed by atoms with Gasteiger partial charge in [-0.05, 0) is 23.8 Å². The second-order valence-electron chi connectivity index (χ2n) is 4.02. The Kier molecular flexibility index (Phi) is 2.34. The van der Waals surface area contributed by atoms with E-state index in [0.717, 1.165) is 15.4 Å². The molecule has 0 saturated heterocycles. The Morgan fingerprint density at radius 3 is 2.53 bits per heavy atom. The first-order valence-corrected chi connectivity index (χ1v) is 6.28. The zero-order valence-electron chi connectivity index (χ0n) is 9.47. The fourth-order valence-electron chi connectivity index (χ4n) is 1.85. The molecule has 3 rings (SSSR count). The van der Waals surface area contributed by atoms with Gasteiger partial charge in [0, 0.05) is 10.4 Å². The first-order chi connectivity index (χ1) is 8.24. The Labute approximate surface area is 104 Å². The molecule has 0 atom stereocenters. The van der Waals surface area contributed by atoms with Gasteiger partial charge in [0.15, 0.2) is 0 Å². The van der Waals surface area contributed by atoms with E-state index in [1.54, 1.807) is 11.3 Å². The lowest BCUT2D eigenvalue weighted by Crippen LogP contribution is -1.86. The van der Waals surface area contributed by atoms with Gasteiger partial charge in [0.25, 0.3) is 0 Å². The summed E-state index contributed by atoms with van der Waals surface area (Å²) in [5, 5.41) is 3.47. The number of hydrogen-bond acceptors (Lipinski definition) is 3. The van der Waals surface area contributed by atoms with Gasteiger partial charge in [0.05, 0.1) is 0 Å². The van der Waals surface area contributed by atoms with Crippen molar-refractivity contribution in [3.63, 3.8) is 0 Å². The second-order valence-corrected chi connectivity index (χ2v) is 5.23. The van der Waals surface area contributed by atoms with E-state index in [1.165, 1.54) is 10.8 Å². The number of aryl methyl sites for hydroxylation is 1. The molecule has 84 valence electrons. The summed E-state index contributed by atoms with van der Waals surface area (Å²) >= 11 is 1.64. The van der Waals surface area contributed by atoms with Crippen molar-refractivity contribution in [3.05, 3.63) is 47.3 Å². The van der Waals surface area contributed by atoms with Crippen LogP contribution in [0.2, 0.25) is 0 Å². The highest BCUT2D eigenvalue weighted by Crippen LogP contribution is 2.30. The Morgan fingerprint density at radius 2 is 1.82 bits per heavy atom. The minimum absolute atomic E-state index is 0.637. The zero-order chi connectivity index (χ0) is 11.8. The van der Waals surface area contributed by atoms with Crippen molar-refractivity contribution in [3.8, 4) is 10.6 Å². The average Bonchev–Trinajstić information content (AvgIpc) is 2.69. The van der Waals surface area contributed by atoms with E-state index >= 15 is 0 Å². The van der Waals surface area contributed by atoms with E-state index in [2.05, 4.69) is 35.3 Å². The SMILES string of the molecule is Cc1sc(-c2ccc3ccccc3c2)nc1N. The van der Waals surface area contributed by atoms with E-state index in [0.29, 0.717) is 5.82 Å². The van der Waals surface area contributed by atoms with Crippen LogP contribution in [0.4, 0.5) is 5.82 Å². The molecule has 0 saturated carbocycles. The predicted molar refractivity (Wildman–Crippen MR) is 74.2 cm³/mol. The highest BCUT2D eigenvalue weighted by molar-refractivity contribution is 7.15. The molecule has 0 aliphatic heterocycles. The first-order valence-electron chi connectivity index (χ1n) is 5.46. The number of nitrogens with two attached hydrogens (primary N) is 1. The fraction of sp³-hybridized carbons (Fsp3) is 0.0714.